The highest BCUT2D eigenvalue weighted by atomic mass is 32.2. The number of likely N-dealkylation sites (N-methyl/N-ethyl adjacent to an activating group) is 1. The first-order valence-corrected chi connectivity index (χ1v) is 7.93. The second-order valence-corrected chi connectivity index (χ2v) is 6.60. The van der Waals surface area contributed by atoms with E-state index in [9.17, 15) is 18.0 Å². The van der Waals surface area contributed by atoms with E-state index in [0.717, 1.165) is 11.2 Å². The summed E-state index contributed by atoms with van der Waals surface area (Å²) in [5.41, 5.74) is 0. The smallest absolute Gasteiger partial charge is 0.323 e. The molecule has 1 atom stereocenters. The molecular weight excluding hydrogens is 272 g/mol. The topological polar surface area (TPSA) is 104 Å². The Morgan fingerprint density at radius 2 is 1.84 bits per heavy atom. The van der Waals surface area contributed by atoms with Gasteiger partial charge < -0.3 is 10.0 Å². The highest BCUT2D eigenvalue weighted by Gasteiger charge is 2.27. The number of aliphatic carboxylic acids is 1. The maximum Gasteiger partial charge on any atom is 0.323 e. The zero-order valence-corrected chi connectivity index (χ0v) is 12.5. The molecule has 112 valence electrons. The lowest BCUT2D eigenvalue weighted by Crippen LogP contribution is -2.50. The van der Waals surface area contributed by atoms with E-state index in [2.05, 4.69) is 4.72 Å². The fourth-order valence-electron chi connectivity index (χ4n) is 1.66. The number of nitrogens with one attached hydrogen (secondary N) is 1. The van der Waals surface area contributed by atoms with Gasteiger partial charge in [-0.1, -0.05) is 13.8 Å². The van der Waals surface area contributed by atoms with E-state index in [1.165, 1.54) is 0 Å². The van der Waals surface area contributed by atoms with Crippen molar-refractivity contribution >= 4 is 21.9 Å². The minimum Gasteiger partial charge on any atom is -0.480 e. The Bertz CT molecular complexity index is 419. The molecule has 0 bridgehead atoms. The molecule has 0 aromatic heterocycles. The monoisotopic (exact) mass is 294 g/mol. The average Bonchev–Trinajstić information content (AvgIpc) is 2.21. The molecule has 0 aromatic rings. The van der Waals surface area contributed by atoms with Gasteiger partial charge in [-0.15, -0.1) is 0 Å². The molecule has 19 heavy (non-hydrogen) atoms. The number of carbonyl (C=O) groups is 2. The zero-order chi connectivity index (χ0) is 15.2. The molecule has 0 spiro atoms. The van der Waals surface area contributed by atoms with Crippen LogP contribution >= 0.6 is 0 Å². The van der Waals surface area contributed by atoms with E-state index in [-0.39, 0.29) is 12.5 Å². The minimum atomic E-state index is -3.53. The molecule has 0 aliphatic rings. The van der Waals surface area contributed by atoms with Crippen LogP contribution in [-0.4, -0.2) is 55.7 Å². The van der Waals surface area contributed by atoms with Crippen molar-refractivity contribution in [3.05, 3.63) is 0 Å². The van der Waals surface area contributed by atoms with Gasteiger partial charge in [0, 0.05) is 6.54 Å². The number of rotatable bonds is 8. The second kappa shape index (κ2) is 7.44. The molecule has 0 aliphatic carbocycles. The van der Waals surface area contributed by atoms with Gasteiger partial charge >= 0.3 is 5.97 Å². The summed E-state index contributed by atoms with van der Waals surface area (Å²) in [6.07, 6.45) is 1.29. The lowest BCUT2D eigenvalue weighted by Gasteiger charge is -2.26. The number of amides is 1. The number of sulfonamides is 1. The van der Waals surface area contributed by atoms with E-state index in [0.29, 0.717) is 6.42 Å². The van der Waals surface area contributed by atoms with Gasteiger partial charge in [0.15, 0.2) is 0 Å². The molecule has 0 heterocycles. The van der Waals surface area contributed by atoms with Crippen LogP contribution in [0.15, 0.2) is 0 Å². The predicted molar refractivity (Wildman–Crippen MR) is 71.1 cm³/mol. The molecular formula is C11H22N2O5S. The van der Waals surface area contributed by atoms with E-state index >= 15 is 0 Å². The summed E-state index contributed by atoms with van der Waals surface area (Å²) in [4.78, 5) is 23.9. The van der Waals surface area contributed by atoms with Gasteiger partial charge in [-0.25, -0.2) is 13.1 Å². The van der Waals surface area contributed by atoms with E-state index < -0.39 is 34.5 Å². The molecule has 0 fully saturated rings. The van der Waals surface area contributed by atoms with Crippen molar-refractivity contribution in [2.24, 2.45) is 5.92 Å². The third kappa shape index (κ3) is 7.78. The van der Waals surface area contributed by atoms with E-state index in [1.807, 2.05) is 13.8 Å². The van der Waals surface area contributed by atoms with Crippen molar-refractivity contribution in [3.8, 4) is 0 Å². The molecule has 2 N–H and O–H groups in total. The van der Waals surface area contributed by atoms with Crippen LogP contribution in [0, 0.1) is 5.92 Å². The van der Waals surface area contributed by atoms with E-state index in [1.54, 1.807) is 6.92 Å². The van der Waals surface area contributed by atoms with Crippen molar-refractivity contribution in [2.45, 2.75) is 33.2 Å². The molecule has 0 aliphatic heterocycles. The first kappa shape index (κ1) is 17.8. The fourth-order valence-corrected chi connectivity index (χ4v) is 2.37. The highest BCUT2D eigenvalue weighted by Crippen LogP contribution is 2.09. The van der Waals surface area contributed by atoms with Gasteiger partial charge in [-0.2, -0.15) is 0 Å². The van der Waals surface area contributed by atoms with Crippen LogP contribution in [0.3, 0.4) is 0 Å². The van der Waals surface area contributed by atoms with Crippen LogP contribution < -0.4 is 4.72 Å². The summed E-state index contributed by atoms with van der Waals surface area (Å²) in [5, 5.41) is 8.73. The highest BCUT2D eigenvalue weighted by molar-refractivity contribution is 7.88. The third-order valence-corrected chi connectivity index (χ3v) is 3.09. The Kier molecular flexibility index (Phi) is 6.99. The fraction of sp³-hybridized carbons (Fsp3) is 0.818. The Morgan fingerprint density at radius 3 is 2.16 bits per heavy atom. The Labute approximate surface area is 114 Å². The number of carbonyl (C=O) groups excluding carboxylic acids is 1. The van der Waals surface area contributed by atoms with Gasteiger partial charge in [0.05, 0.1) is 6.26 Å². The number of carboxylic acids is 1. The van der Waals surface area contributed by atoms with Gasteiger partial charge in [-0.05, 0) is 19.3 Å². The number of hydrogen-bond donors (Lipinski definition) is 2. The molecule has 1 unspecified atom stereocenters. The van der Waals surface area contributed by atoms with Crippen molar-refractivity contribution < 1.29 is 23.1 Å². The van der Waals surface area contributed by atoms with Crippen LogP contribution in [0.1, 0.15) is 27.2 Å². The van der Waals surface area contributed by atoms with Gasteiger partial charge in [0.25, 0.3) is 0 Å². The summed E-state index contributed by atoms with van der Waals surface area (Å²) < 4.78 is 24.8. The first-order valence-electron chi connectivity index (χ1n) is 6.04. The molecule has 0 rings (SSSR count). The van der Waals surface area contributed by atoms with Crippen molar-refractivity contribution in [2.75, 3.05) is 19.3 Å². The maximum absolute atomic E-state index is 12.2. The number of hydrogen-bond acceptors (Lipinski definition) is 4. The van der Waals surface area contributed by atoms with Crippen molar-refractivity contribution in [3.63, 3.8) is 0 Å². The first-order chi connectivity index (χ1) is 8.56. The quantitative estimate of drug-likeness (QED) is 0.649. The normalized spacial score (nSPS) is 13.3. The molecule has 0 saturated heterocycles. The molecule has 0 aromatic carbocycles. The van der Waals surface area contributed by atoms with Gasteiger partial charge in [0.1, 0.15) is 12.6 Å². The standard InChI is InChI=1S/C11H22N2O5S/c1-5-13(7-10(14)15)11(16)9(6-8(2)3)12-19(4,17)18/h8-9,12H,5-7H2,1-4H3,(H,14,15). The van der Waals surface area contributed by atoms with Crippen LogP contribution in [0.5, 0.6) is 0 Å². The lowest BCUT2D eigenvalue weighted by molar-refractivity contribution is -0.145. The Morgan fingerprint density at radius 1 is 1.32 bits per heavy atom. The second-order valence-electron chi connectivity index (χ2n) is 4.82. The molecule has 0 saturated carbocycles. The van der Waals surface area contributed by atoms with Gasteiger partial charge in [0.2, 0.25) is 15.9 Å². The number of carboxylic acid groups (broad SMARTS) is 1. The van der Waals surface area contributed by atoms with Crippen LogP contribution in [-0.2, 0) is 19.6 Å². The lowest BCUT2D eigenvalue weighted by atomic mass is 10.0. The third-order valence-electron chi connectivity index (χ3n) is 2.38. The summed E-state index contributed by atoms with van der Waals surface area (Å²) in [7, 11) is -3.53. The molecule has 1 amide bonds. The van der Waals surface area contributed by atoms with Gasteiger partial charge in [-0.3, -0.25) is 9.59 Å². The van der Waals surface area contributed by atoms with Crippen LogP contribution in [0.25, 0.3) is 0 Å². The van der Waals surface area contributed by atoms with Crippen molar-refractivity contribution in [1.82, 2.24) is 9.62 Å². The molecule has 0 radical (unpaired) electrons. The summed E-state index contributed by atoms with van der Waals surface area (Å²) >= 11 is 0. The van der Waals surface area contributed by atoms with Crippen LogP contribution in [0.2, 0.25) is 0 Å². The van der Waals surface area contributed by atoms with E-state index in [4.69, 9.17) is 5.11 Å². The average molecular weight is 294 g/mol. The molecule has 8 heteroatoms. The van der Waals surface area contributed by atoms with Crippen LogP contribution in [0.4, 0.5) is 0 Å². The maximum atomic E-state index is 12.2. The predicted octanol–water partition coefficient (Wildman–Crippen LogP) is -0.117. The largest absolute Gasteiger partial charge is 0.480 e. The Hall–Kier alpha value is -1.15. The minimum absolute atomic E-state index is 0.103. The zero-order valence-electron chi connectivity index (χ0n) is 11.7. The summed E-state index contributed by atoms with van der Waals surface area (Å²) in [6.45, 7) is 5.14. The molecule has 7 nitrogen and oxygen atoms in total. The summed E-state index contributed by atoms with van der Waals surface area (Å²) in [6, 6.07) is -0.922. The summed E-state index contributed by atoms with van der Waals surface area (Å²) in [5.74, 6) is -1.53. The van der Waals surface area contributed by atoms with Crippen molar-refractivity contribution in [1.29, 1.82) is 0 Å². The SMILES string of the molecule is CCN(CC(=O)O)C(=O)C(CC(C)C)NS(C)(=O)=O. The Balaban J connectivity index is 5.01. The number of nitrogens with zero attached hydrogens (tertiary/aromatic N) is 1.